The molecule has 0 fully saturated rings. The molecule has 0 aromatic carbocycles. The van der Waals surface area contributed by atoms with Crippen LogP contribution in [0.2, 0.25) is 0 Å². The summed E-state index contributed by atoms with van der Waals surface area (Å²) in [5.74, 6) is -1.75. The fraction of sp³-hybridized carbons (Fsp3) is 0.844. The molecule has 2 unspecified atom stereocenters. The molecule has 0 aliphatic carbocycles. The van der Waals surface area contributed by atoms with E-state index in [9.17, 15) is 19.5 Å². The van der Waals surface area contributed by atoms with E-state index >= 15 is 0 Å². The van der Waals surface area contributed by atoms with Gasteiger partial charge in [0.15, 0.2) is 6.10 Å². The normalized spacial score (nSPS) is 13.2. The van der Waals surface area contributed by atoms with Crippen molar-refractivity contribution in [2.75, 3.05) is 41.0 Å². The van der Waals surface area contributed by atoms with Gasteiger partial charge in [-0.2, -0.15) is 0 Å². The fourth-order valence-electron chi connectivity index (χ4n) is 6.39. The number of hydrogen-bond donors (Lipinski definition) is 0. The van der Waals surface area contributed by atoms with E-state index in [0.717, 1.165) is 51.4 Å². The predicted octanol–water partition coefficient (Wildman–Crippen LogP) is 10.4. The maximum absolute atomic E-state index is 12.7. The van der Waals surface area contributed by atoms with Gasteiger partial charge in [-0.15, -0.1) is 0 Å². The molecule has 0 radical (unpaired) electrons. The van der Waals surface area contributed by atoms with Gasteiger partial charge >= 0.3 is 11.9 Å². The Morgan fingerprint density at radius 2 is 1.00 bits per heavy atom. The van der Waals surface area contributed by atoms with Crippen LogP contribution in [-0.4, -0.2) is 75.5 Å². The molecule has 310 valence electrons. The molecule has 2 atom stereocenters. The van der Waals surface area contributed by atoms with Crippen molar-refractivity contribution >= 4 is 17.9 Å². The third-order valence-electron chi connectivity index (χ3n) is 9.84. The van der Waals surface area contributed by atoms with Crippen molar-refractivity contribution in [1.82, 2.24) is 0 Å². The smallest absolute Gasteiger partial charge is 0.306 e. The van der Waals surface area contributed by atoms with Gasteiger partial charge in [-0.25, -0.2) is 0 Å². The molecule has 0 saturated heterocycles. The van der Waals surface area contributed by atoms with E-state index in [0.29, 0.717) is 12.8 Å². The molecular weight excluding hydrogens is 666 g/mol. The third-order valence-corrected chi connectivity index (χ3v) is 9.84. The number of esters is 2. The topological polar surface area (TPSA) is 102 Å². The Balaban J connectivity index is 4.20. The summed E-state index contributed by atoms with van der Waals surface area (Å²) in [7, 11) is 5.40. The van der Waals surface area contributed by atoms with Gasteiger partial charge in [0.2, 0.25) is 0 Å². The maximum Gasteiger partial charge on any atom is 0.306 e. The summed E-state index contributed by atoms with van der Waals surface area (Å²) < 4.78 is 17.1. The minimum absolute atomic E-state index is 0.0403. The van der Waals surface area contributed by atoms with Crippen LogP contribution >= 0.6 is 0 Å². The summed E-state index contributed by atoms with van der Waals surface area (Å²) in [6.07, 6.45) is 39.4. The number of carbonyl (C=O) groups excluding carboxylic acids is 3. The monoisotopic (exact) mass is 750 g/mol. The molecule has 8 heteroatoms. The quantitative estimate of drug-likeness (QED) is 0.0267. The lowest BCUT2D eigenvalue weighted by Gasteiger charge is -2.34. The Morgan fingerprint density at radius 3 is 1.45 bits per heavy atom. The summed E-state index contributed by atoms with van der Waals surface area (Å²) >= 11 is 0. The fourth-order valence-corrected chi connectivity index (χ4v) is 6.39. The molecule has 0 heterocycles. The zero-order chi connectivity index (χ0) is 39.3. The summed E-state index contributed by atoms with van der Waals surface area (Å²) in [5, 5.41) is 11.6. The van der Waals surface area contributed by atoms with E-state index in [4.69, 9.17) is 14.2 Å². The lowest BCUT2D eigenvalue weighted by atomic mass is 10.1. The first-order valence-corrected chi connectivity index (χ1v) is 21.9. The Bertz CT molecular complexity index is 926. The van der Waals surface area contributed by atoms with Crippen LogP contribution in [-0.2, 0) is 28.6 Å². The van der Waals surface area contributed by atoms with Gasteiger partial charge in [-0.3, -0.25) is 9.59 Å². The van der Waals surface area contributed by atoms with Crippen molar-refractivity contribution < 1.29 is 38.2 Å². The molecule has 8 nitrogen and oxygen atoms in total. The van der Waals surface area contributed by atoms with Gasteiger partial charge in [0.05, 0.1) is 40.3 Å². The molecular formula is C45H83NO7. The van der Waals surface area contributed by atoms with Crippen molar-refractivity contribution in [1.29, 1.82) is 0 Å². The second-order valence-corrected chi connectivity index (χ2v) is 15.9. The number of rotatable bonds is 39. The number of carboxylic acids is 1. The first-order valence-electron chi connectivity index (χ1n) is 21.9. The molecule has 0 spiro atoms. The van der Waals surface area contributed by atoms with Crippen LogP contribution < -0.4 is 5.11 Å². The van der Waals surface area contributed by atoms with Crippen LogP contribution in [0, 0.1) is 0 Å². The zero-order valence-corrected chi connectivity index (χ0v) is 35.2. The third kappa shape index (κ3) is 35.3. The minimum Gasteiger partial charge on any atom is -0.544 e. The molecule has 0 bridgehead atoms. The number of aliphatic carboxylic acids is 1. The molecule has 0 saturated carbocycles. The van der Waals surface area contributed by atoms with Crippen molar-refractivity contribution in [3.05, 3.63) is 24.3 Å². The zero-order valence-electron chi connectivity index (χ0n) is 35.2. The highest BCUT2D eigenvalue weighted by Crippen LogP contribution is 2.14. The van der Waals surface area contributed by atoms with Crippen molar-refractivity contribution in [3.63, 3.8) is 0 Å². The standard InChI is InChI=1S/C45H83NO7/c1-6-8-10-12-14-15-16-17-18-19-20-21-22-23-24-25-26-27-28-30-32-34-36-44(48)53-41(39-51-38-37-42(45(49)50)46(3,4)5)40-52-43(47)35-33-31-29-13-11-9-7-2/h19-20,22-23,41-42H,6-18,21,24-40H2,1-5H3/b20-19+,23-22+. The maximum atomic E-state index is 12.7. The Kier molecular flexibility index (Phi) is 35.2. The molecule has 0 aliphatic rings. The number of allylic oxidation sites excluding steroid dienone is 4. The molecule has 0 aromatic rings. The lowest BCUT2D eigenvalue weighted by molar-refractivity contribution is -0.889. The summed E-state index contributed by atoms with van der Waals surface area (Å²) in [6.45, 7) is 4.61. The molecule has 0 rings (SSSR count). The highest BCUT2D eigenvalue weighted by Gasteiger charge is 2.25. The molecule has 0 N–H and O–H groups in total. The highest BCUT2D eigenvalue weighted by molar-refractivity contribution is 5.70. The van der Waals surface area contributed by atoms with Crippen LogP contribution in [0.1, 0.15) is 194 Å². The largest absolute Gasteiger partial charge is 0.544 e. The predicted molar refractivity (Wildman–Crippen MR) is 217 cm³/mol. The van der Waals surface area contributed by atoms with Gasteiger partial charge in [0, 0.05) is 19.3 Å². The van der Waals surface area contributed by atoms with Gasteiger partial charge in [0.25, 0.3) is 0 Å². The molecule has 0 aromatic heterocycles. The van der Waals surface area contributed by atoms with Crippen LogP contribution in [0.5, 0.6) is 0 Å². The van der Waals surface area contributed by atoms with Gasteiger partial charge in [-0.05, 0) is 44.9 Å². The number of nitrogens with zero attached hydrogens (tertiary/aromatic N) is 1. The number of hydrogen-bond acceptors (Lipinski definition) is 7. The second kappa shape index (κ2) is 36.8. The first kappa shape index (κ1) is 50.8. The van der Waals surface area contributed by atoms with E-state index in [2.05, 4.69) is 38.2 Å². The number of unbranched alkanes of at least 4 members (excludes halogenated alkanes) is 21. The Hall–Kier alpha value is -2.19. The number of carbonyl (C=O) groups is 3. The van der Waals surface area contributed by atoms with Gasteiger partial charge in [0.1, 0.15) is 12.6 Å². The molecule has 53 heavy (non-hydrogen) atoms. The Morgan fingerprint density at radius 1 is 0.566 bits per heavy atom. The number of likely N-dealkylation sites (N-methyl/N-ethyl adjacent to an activating group) is 1. The van der Waals surface area contributed by atoms with Crippen molar-refractivity contribution in [2.24, 2.45) is 0 Å². The van der Waals surface area contributed by atoms with Gasteiger partial charge in [-0.1, -0.05) is 154 Å². The van der Waals surface area contributed by atoms with Crippen LogP contribution in [0.25, 0.3) is 0 Å². The summed E-state index contributed by atoms with van der Waals surface area (Å²) in [6, 6.07) is -0.723. The van der Waals surface area contributed by atoms with Crippen LogP contribution in [0.15, 0.2) is 24.3 Å². The second-order valence-electron chi connectivity index (χ2n) is 15.9. The van der Waals surface area contributed by atoms with E-state index < -0.39 is 18.1 Å². The van der Waals surface area contributed by atoms with E-state index in [-0.39, 0.29) is 42.7 Å². The van der Waals surface area contributed by atoms with E-state index in [1.54, 1.807) is 21.1 Å². The SMILES string of the molecule is CCCCCCCCCC/C=C/C/C=C/CCCCCCCCCC(=O)OC(COCCC(C(=O)[O-])[N+](C)(C)C)COC(=O)CCCCCCCCC. The molecule has 0 aliphatic heterocycles. The highest BCUT2D eigenvalue weighted by atomic mass is 16.6. The number of ether oxygens (including phenoxy) is 3. The van der Waals surface area contributed by atoms with Gasteiger partial charge < -0.3 is 28.6 Å². The summed E-state index contributed by atoms with van der Waals surface area (Å²) in [4.78, 5) is 36.6. The minimum atomic E-state index is -1.13. The van der Waals surface area contributed by atoms with E-state index in [1.165, 1.54) is 109 Å². The van der Waals surface area contributed by atoms with Crippen molar-refractivity contribution in [3.8, 4) is 0 Å². The van der Waals surface area contributed by atoms with E-state index in [1.807, 2.05) is 0 Å². The number of quaternary nitrogens is 1. The summed E-state index contributed by atoms with van der Waals surface area (Å²) in [5.41, 5.74) is 0. The lowest BCUT2D eigenvalue weighted by Crippen LogP contribution is -2.55. The van der Waals surface area contributed by atoms with Crippen LogP contribution in [0.4, 0.5) is 0 Å². The number of carboxylic acid groups (broad SMARTS) is 1. The average Bonchev–Trinajstić information content (AvgIpc) is 3.11. The first-order chi connectivity index (χ1) is 25.6. The van der Waals surface area contributed by atoms with Crippen LogP contribution in [0.3, 0.4) is 0 Å². The average molecular weight is 750 g/mol. The van der Waals surface area contributed by atoms with Crippen molar-refractivity contribution in [2.45, 2.75) is 206 Å². The molecule has 0 amide bonds. The Labute approximate surface area is 326 Å².